The Labute approximate surface area is 183 Å². The lowest BCUT2D eigenvalue weighted by Crippen LogP contribution is -2.45. The number of fused-ring (bicyclic) bond motifs is 3. The third kappa shape index (κ3) is 3.22. The van der Waals surface area contributed by atoms with Gasteiger partial charge in [-0.2, -0.15) is 0 Å². The number of piperazine rings is 1. The molecule has 2 aliphatic rings. The number of rotatable bonds is 3. The summed E-state index contributed by atoms with van der Waals surface area (Å²) in [5, 5.41) is 15.8. The fourth-order valence-electron chi connectivity index (χ4n) is 4.45. The minimum absolute atomic E-state index is 0.106. The Morgan fingerprint density at radius 1 is 1.00 bits per heavy atom. The first-order chi connectivity index (χ1) is 15.3. The maximum atomic E-state index is 13.4. The number of amides is 1. The quantitative estimate of drug-likeness (QED) is 0.652. The number of likely N-dealkylation sites (N-methyl/N-ethyl adjacent to an activating group) is 2. The van der Waals surface area contributed by atoms with Gasteiger partial charge in [0.05, 0.1) is 6.54 Å². The van der Waals surface area contributed by atoms with E-state index < -0.39 is 5.56 Å². The molecule has 0 bridgehead atoms. The summed E-state index contributed by atoms with van der Waals surface area (Å²) in [6.07, 6.45) is 0. The molecule has 9 nitrogen and oxygen atoms in total. The number of carbonyl (C=O) groups is 1. The highest BCUT2D eigenvalue weighted by atomic mass is 19.1. The molecule has 1 fully saturated rings. The van der Waals surface area contributed by atoms with Gasteiger partial charge < -0.3 is 24.4 Å². The molecule has 32 heavy (non-hydrogen) atoms. The second-order valence-corrected chi connectivity index (χ2v) is 8.50. The molecule has 2 aromatic heterocycles. The average molecular weight is 440 g/mol. The molecule has 0 radical (unpaired) electrons. The van der Waals surface area contributed by atoms with Crippen LogP contribution in [0.5, 0.6) is 5.75 Å². The number of hydrogen-bond donors (Lipinski definition) is 1. The Balaban J connectivity index is 1.73. The van der Waals surface area contributed by atoms with Crippen molar-refractivity contribution >= 4 is 22.6 Å². The summed E-state index contributed by atoms with van der Waals surface area (Å²) in [4.78, 5) is 32.1. The van der Waals surface area contributed by atoms with E-state index in [1.54, 1.807) is 23.7 Å². The molecule has 3 aromatic rings. The molecule has 0 aliphatic carbocycles. The van der Waals surface area contributed by atoms with Crippen molar-refractivity contribution in [2.75, 3.05) is 51.7 Å². The van der Waals surface area contributed by atoms with Crippen LogP contribution in [-0.2, 0) is 13.1 Å². The molecule has 1 saturated heterocycles. The van der Waals surface area contributed by atoms with Gasteiger partial charge in [-0.3, -0.25) is 9.59 Å². The maximum Gasteiger partial charge on any atom is 0.280 e. The topological polar surface area (TPSA) is 86.8 Å². The summed E-state index contributed by atoms with van der Waals surface area (Å²) in [6, 6.07) is 5.88. The van der Waals surface area contributed by atoms with E-state index in [1.165, 1.54) is 21.7 Å². The minimum atomic E-state index is -0.475. The summed E-state index contributed by atoms with van der Waals surface area (Å²) in [5.41, 5.74) is 0.868. The number of aromatic nitrogens is 3. The number of hydrogen-bond acceptors (Lipinski definition) is 6. The first-order valence-electron chi connectivity index (χ1n) is 10.6. The average Bonchev–Trinajstić information content (AvgIpc) is 3.08. The van der Waals surface area contributed by atoms with Gasteiger partial charge in [0.1, 0.15) is 16.7 Å². The molecule has 1 N–H and O–H groups in total. The second kappa shape index (κ2) is 7.63. The zero-order valence-corrected chi connectivity index (χ0v) is 18.1. The van der Waals surface area contributed by atoms with Crippen LogP contribution in [0.1, 0.15) is 16.1 Å². The molecule has 0 atom stereocenters. The number of carbonyl (C=O) groups excluding carboxylic acids is 1. The molecule has 4 heterocycles. The summed E-state index contributed by atoms with van der Waals surface area (Å²) >= 11 is 0. The summed E-state index contributed by atoms with van der Waals surface area (Å²) in [5.74, 6) is -0.400. The zero-order chi connectivity index (χ0) is 22.6. The maximum absolute atomic E-state index is 13.4. The lowest BCUT2D eigenvalue weighted by atomic mass is 10.2. The number of aromatic hydroxyl groups is 1. The predicted octanol–water partition coefficient (Wildman–Crippen LogP) is 0.928. The van der Waals surface area contributed by atoms with E-state index >= 15 is 0 Å². The molecule has 0 saturated carbocycles. The highest BCUT2D eigenvalue weighted by Gasteiger charge is 2.34. The van der Waals surface area contributed by atoms with Crippen LogP contribution in [0.3, 0.4) is 0 Å². The third-order valence-corrected chi connectivity index (χ3v) is 6.37. The Bertz CT molecular complexity index is 1260. The van der Waals surface area contributed by atoms with Gasteiger partial charge in [-0.15, -0.1) is 5.10 Å². The Morgan fingerprint density at radius 3 is 2.38 bits per heavy atom. The van der Waals surface area contributed by atoms with Crippen LogP contribution in [0.4, 0.5) is 10.2 Å². The van der Waals surface area contributed by atoms with Crippen molar-refractivity contribution in [3.8, 4) is 5.75 Å². The largest absolute Gasteiger partial charge is 0.505 e. The molecule has 168 valence electrons. The fraction of sp³-hybridized carbons (Fsp3) is 0.409. The first kappa shape index (κ1) is 20.5. The van der Waals surface area contributed by atoms with Gasteiger partial charge in [0.15, 0.2) is 17.3 Å². The van der Waals surface area contributed by atoms with Gasteiger partial charge in [0.2, 0.25) is 0 Å². The van der Waals surface area contributed by atoms with E-state index in [0.29, 0.717) is 43.1 Å². The SMILES string of the molecule is CN1CCN(c2nn(Cc3ccc(F)cc3)c(=O)c3c(O)c4n(c23)CCN(C)C4=O)CC1. The monoisotopic (exact) mass is 440 g/mol. The van der Waals surface area contributed by atoms with Crippen LogP contribution in [0.15, 0.2) is 29.1 Å². The fourth-order valence-corrected chi connectivity index (χ4v) is 4.45. The predicted molar refractivity (Wildman–Crippen MR) is 118 cm³/mol. The number of benzene rings is 1. The van der Waals surface area contributed by atoms with Crippen molar-refractivity contribution in [3.05, 3.63) is 51.7 Å². The van der Waals surface area contributed by atoms with E-state index in [1.807, 2.05) is 0 Å². The van der Waals surface area contributed by atoms with Gasteiger partial charge >= 0.3 is 0 Å². The van der Waals surface area contributed by atoms with Crippen molar-refractivity contribution in [2.45, 2.75) is 13.1 Å². The molecule has 1 amide bonds. The zero-order valence-electron chi connectivity index (χ0n) is 18.1. The highest BCUT2D eigenvalue weighted by Crippen LogP contribution is 2.37. The standard InChI is InChI=1S/C22H25FN6O3/c1-25-7-10-27(11-8-25)20-17-16(19(30)18-22(32)26(2)9-12-28(17)18)21(31)29(24-20)13-14-3-5-15(23)6-4-14/h3-6,30H,7-13H2,1-2H3. The van der Waals surface area contributed by atoms with Crippen molar-refractivity contribution in [2.24, 2.45) is 0 Å². The van der Waals surface area contributed by atoms with Crippen LogP contribution in [0, 0.1) is 5.82 Å². The molecule has 2 aliphatic heterocycles. The number of halogens is 1. The molecule has 5 rings (SSSR count). The van der Waals surface area contributed by atoms with Gasteiger partial charge in [0, 0.05) is 46.3 Å². The molecular weight excluding hydrogens is 415 g/mol. The molecule has 0 spiro atoms. The Kier molecular flexibility index (Phi) is 4.89. The minimum Gasteiger partial charge on any atom is -0.505 e. The summed E-state index contributed by atoms with van der Waals surface area (Å²) in [7, 11) is 3.73. The number of anilines is 1. The van der Waals surface area contributed by atoms with Gasteiger partial charge in [-0.1, -0.05) is 12.1 Å². The van der Waals surface area contributed by atoms with E-state index in [2.05, 4.69) is 16.8 Å². The van der Waals surface area contributed by atoms with Crippen LogP contribution >= 0.6 is 0 Å². The Morgan fingerprint density at radius 2 is 1.69 bits per heavy atom. The summed E-state index contributed by atoms with van der Waals surface area (Å²) < 4.78 is 16.4. The summed E-state index contributed by atoms with van der Waals surface area (Å²) in [6.45, 7) is 4.17. The Hall–Kier alpha value is -3.40. The van der Waals surface area contributed by atoms with Gasteiger partial charge in [-0.25, -0.2) is 9.07 Å². The van der Waals surface area contributed by atoms with Crippen molar-refractivity contribution in [1.29, 1.82) is 0 Å². The van der Waals surface area contributed by atoms with E-state index in [-0.39, 0.29) is 35.1 Å². The van der Waals surface area contributed by atoms with Crippen molar-refractivity contribution in [3.63, 3.8) is 0 Å². The van der Waals surface area contributed by atoms with Crippen molar-refractivity contribution < 1.29 is 14.3 Å². The number of nitrogens with zero attached hydrogens (tertiary/aromatic N) is 6. The van der Waals surface area contributed by atoms with Crippen LogP contribution in [0.25, 0.3) is 10.9 Å². The first-order valence-corrected chi connectivity index (χ1v) is 10.6. The highest BCUT2D eigenvalue weighted by molar-refractivity contribution is 6.06. The van der Waals surface area contributed by atoms with E-state index in [0.717, 1.165) is 13.1 Å². The molecular formula is C22H25FN6O3. The lowest BCUT2D eigenvalue weighted by Gasteiger charge is -2.34. The smallest absolute Gasteiger partial charge is 0.280 e. The lowest BCUT2D eigenvalue weighted by molar-refractivity contribution is 0.0747. The normalized spacial score (nSPS) is 17.3. The molecule has 10 heteroatoms. The molecule has 0 unspecified atom stereocenters. The third-order valence-electron chi connectivity index (χ3n) is 6.37. The van der Waals surface area contributed by atoms with Gasteiger partial charge in [0.25, 0.3) is 11.5 Å². The van der Waals surface area contributed by atoms with E-state index in [4.69, 9.17) is 5.10 Å². The van der Waals surface area contributed by atoms with Gasteiger partial charge in [-0.05, 0) is 24.7 Å². The van der Waals surface area contributed by atoms with Crippen LogP contribution in [0.2, 0.25) is 0 Å². The van der Waals surface area contributed by atoms with E-state index in [9.17, 15) is 19.1 Å². The molecule has 1 aromatic carbocycles. The van der Waals surface area contributed by atoms with Crippen LogP contribution in [-0.4, -0.2) is 82.0 Å². The van der Waals surface area contributed by atoms with Crippen molar-refractivity contribution in [1.82, 2.24) is 24.1 Å². The second-order valence-electron chi connectivity index (χ2n) is 8.50. The van der Waals surface area contributed by atoms with Crippen LogP contribution < -0.4 is 10.5 Å².